The molecular formula is C16H23NO. The van der Waals surface area contributed by atoms with Crippen LogP contribution in [0.4, 0.5) is 0 Å². The van der Waals surface area contributed by atoms with Crippen LogP contribution in [-0.2, 0) is 11.2 Å². The predicted octanol–water partition coefficient (Wildman–Crippen LogP) is 2.78. The normalized spacial score (nSPS) is 21.5. The van der Waals surface area contributed by atoms with Gasteiger partial charge in [0, 0.05) is 32.0 Å². The first-order valence-electron chi connectivity index (χ1n) is 6.96. The molecule has 0 radical (unpaired) electrons. The Balaban J connectivity index is 1.85. The van der Waals surface area contributed by atoms with Crippen LogP contribution in [0.3, 0.4) is 0 Å². The van der Waals surface area contributed by atoms with Crippen molar-refractivity contribution in [2.24, 2.45) is 11.8 Å². The molecule has 0 amide bonds. The summed E-state index contributed by atoms with van der Waals surface area (Å²) < 4.78 is 0. The van der Waals surface area contributed by atoms with E-state index in [0.29, 0.717) is 11.7 Å². The topological polar surface area (TPSA) is 20.3 Å². The monoisotopic (exact) mass is 245 g/mol. The van der Waals surface area contributed by atoms with Crippen LogP contribution in [0.1, 0.15) is 25.8 Å². The average Bonchev–Trinajstić information content (AvgIpc) is 2.38. The van der Waals surface area contributed by atoms with E-state index < -0.39 is 0 Å². The molecule has 1 fully saturated rings. The van der Waals surface area contributed by atoms with Crippen LogP contribution in [0.5, 0.6) is 0 Å². The van der Waals surface area contributed by atoms with E-state index in [4.69, 9.17) is 0 Å². The van der Waals surface area contributed by atoms with E-state index in [0.717, 1.165) is 32.5 Å². The third-order valence-corrected chi connectivity index (χ3v) is 3.91. The van der Waals surface area contributed by atoms with E-state index >= 15 is 0 Å². The van der Waals surface area contributed by atoms with E-state index in [1.54, 1.807) is 0 Å². The molecule has 1 aliphatic heterocycles. The number of Topliss-reactive ketones (excluding diaryl/α,β-unsaturated/α-hetero) is 1. The molecule has 2 heteroatoms. The lowest BCUT2D eigenvalue weighted by atomic mass is 9.86. The van der Waals surface area contributed by atoms with Crippen molar-refractivity contribution in [2.45, 2.75) is 26.7 Å². The molecule has 18 heavy (non-hydrogen) atoms. The van der Waals surface area contributed by atoms with Crippen molar-refractivity contribution in [3.8, 4) is 0 Å². The van der Waals surface area contributed by atoms with E-state index in [9.17, 15) is 4.79 Å². The lowest BCUT2D eigenvalue weighted by molar-refractivity contribution is -0.127. The van der Waals surface area contributed by atoms with Gasteiger partial charge in [-0.25, -0.2) is 0 Å². The molecule has 0 spiro atoms. The SMILES string of the molecule is CC(C)C1CN(CCc2ccccc2)CCC1=O. The number of ketones is 1. The first-order chi connectivity index (χ1) is 8.66. The Bertz CT molecular complexity index is 385. The molecule has 0 bridgehead atoms. The highest BCUT2D eigenvalue weighted by molar-refractivity contribution is 5.82. The summed E-state index contributed by atoms with van der Waals surface area (Å²) in [6.07, 6.45) is 1.82. The third-order valence-electron chi connectivity index (χ3n) is 3.91. The van der Waals surface area contributed by atoms with Gasteiger partial charge in [0.15, 0.2) is 0 Å². The summed E-state index contributed by atoms with van der Waals surface area (Å²) in [4.78, 5) is 14.3. The van der Waals surface area contributed by atoms with Crippen LogP contribution in [-0.4, -0.2) is 30.3 Å². The fourth-order valence-electron chi connectivity index (χ4n) is 2.64. The van der Waals surface area contributed by atoms with Gasteiger partial charge in [-0.05, 0) is 17.9 Å². The maximum absolute atomic E-state index is 11.8. The molecule has 0 N–H and O–H groups in total. The maximum atomic E-state index is 11.8. The summed E-state index contributed by atoms with van der Waals surface area (Å²) in [7, 11) is 0. The largest absolute Gasteiger partial charge is 0.302 e. The molecule has 0 aliphatic carbocycles. The highest BCUT2D eigenvalue weighted by Crippen LogP contribution is 2.20. The number of carbonyl (C=O) groups excluding carboxylic acids is 1. The zero-order valence-electron chi connectivity index (χ0n) is 11.4. The minimum absolute atomic E-state index is 0.245. The number of rotatable bonds is 4. The van der Waals surface area contributed by atoms with Gasteiger partial charge >= 0.3 is 0 Å². The molecule has 1 aromatic rings. The van der Waals surface area contributed by atoms with Crippen LogP contribution < -0.4 is 0 Å². The smallest absolute Gasteiger partial charge is 0.138 e. The van der Waals surface area contributed by atoms with Crippen LogP contribution in [0.25, 0.3) is 0 Å². The molecule has 1 heterocycles. The van der Waals surface area contributed by atoms with Gasteiger partial charge in [0.05, 0.1) is 0 Å². The fourth-order valence-corrected chi connectivity index (χ4v) is 2.64. The number of piperidine rings is 1. The second-order valence-electron chi connectivity index (χ2n) is 5.60. The first kappa shape index (κ1) is 13.3. The molecule has 1 aromatic carbocycles. The Hall–Kier alpha value is -1.15. The first-order valence-corrected chi connectivity index (χ1v) is 6.96. The number of nitrogens with zero attached hydrogens (tertiary/aromatic N) is 1. The van der Waals surface area contributed by atoms with Gasteiger partial charge in [-0.2, -0.15) is 0 Å². The molecule has 2 rings (SSSR count). The highest BCUT2D eigenvalue weighted by atomic mass is 16.1. The van der Waals surface area contributed by atoms with E-state index in [-0.39, 0.29) is 5.92 Å². The minimum Gasteiger partial charge on any atom is -0.302 e. The van der Waals surface area contributed by atoms with Crippen LogP contribution >= 0.6 is 0 Å². The third kappa shape index (κ3) is 3.42. The number of likely N-dealkylation sites (tertiary alicyclic amines) is 1. The zero-order valence-corrected chi connectivity index (χ0v) is 11.4. The van der Waals surface area contributed by atoms with Crippen molar-refractivity contribution < 1.29 is 4.79 Å². The Morgan fingerprint density at radius 2 is 2.00 bits per heavy atom. The van der Waals surface area contributed by atoms with Gasteiger partial charge in [0.25, 0.3) is 0 Å². The molecule has 1 aliphatic rings. The molecule has 1 saturated heterocycles. The van der Waals surface area contributed by atoms with E-state index in [2.05, 4.69) is 49.1 Å². The standard InChI is InChI=1S/C16H23NO/c1-13(2)15-12-17(11-9-16(15)18)10-8-14-6-4-3-5-7-14/h3-7,13,15H,8-12H2,1-2H3. The van der Waals surface area contributed by atoms with Gasteiger partial charge < -0.3 is 4.90 Å². The van der Waals surface area contributed by atoms with Crippen molar-refractivity contribution in [1.82, 2.24) is 4.90 Å². The molecule has 1 atom stereocenters. The number of carbonyl (C=O) groups is 1. The van der Waals surface area contributed by atoms with Gasteiger partial charge in [-0.15, -0.1) is 0 Å². The van der Waals surface area contributed by atoms with Gasteiger partial charge in [-0.3, -0.25) is 4.79 Å². The number of hydrogen-bond acceptors (Lipinski definition) is 2. The molecule has 0 saturated carbocycles. The van der Waals surface area contributed by atoms with Crippen molar-refractivity contribution in [3.63, 3.8) is 0 Å². The number of benzene rings is 1. The van der Waals surface area contributed by atoms with E-state index in [1.807, 2.05) is 0 Å². The molecule has 2 nitrogen and oxygen atoms in total. The second-order valence-corrected chi connectivity index (χ2v) is 5.60. The van der Waals surface area contributed by atoms with Crippen LogP contribution in [0, 0.1) is 11.8 Å². The van der Waals surface area contributed by atoms with Gasteiger partial charge in [-0.1, -0.05) is 44.2 Å². The summed E-state index contributed by atoms with van der Waals surface area (Å²) in [5.74, 6) is 1.17. The zero-order chi connectivity index (χ0) is 13.0. The van der Waals surface area contributed by atoms with Crippen LogP contribution in [0.2, 0.25) is 0 Å². The summed E-state index contributed by atoms with van der Waals surface area (Å²) in [5.41, 5.74) is 1.38. The molecule has 0 aromatic heterocycles. The quantitative estimate of drug-likeness (QED) is 0.813. The maximum Gasteiger partial charge on any atom is 0.138 e. The van der Waals surface area contributed by atoms with Gasteiger partial charge in [0.1, 0.15) is 5.78 Å². The minimum atomic E-state index is 0.245. The van der Waals surface area contributed by atoms with Crippen molar-refractivity contribution >= 4 is 5.78 Å². The number of hydrogen-bond donors (Lipinski definition) is 0. The second kappa shape index (κ2) is 6.14. The predicted molar refractivity (Wildman–Crippen MR) is 74.5 cm³/mol. The molecule has 1 unspecified atom stereocenters. The highest BCUT2D eigenvalue weighted by Gasteiger charge is 2.28. The Morgan fingerprint density at radius 3 is 2.67 bits per heavy atom. The molecular weight excluding hydrogens is 222 g/mol. The summed E-state index contributed by atoms with van der Waals surface area (Å²) in [5, 5.41) is 0. The summed E-state index contributed by atoms with van der Waals surface area (Å²) in [6, 6.07) is 10.6. The Morgan fingerprint density at radius 1 is 1.28 bits per heavy atom. The van der Waals surface area contributed by atoms with Crippen molar-refractivity contribution in [3.05, 3.63) is 35.9 Å². The lowest BCUT2D eigenvalue weighted by Gasteiger charge is -2.33. The Labute approximate surface area is 110 Å². The van der Waals surface area contributed by atoms with E-state index in [1.165, 1.54) is 5.56 Å². The van der Waals surface area contributed by atoms with Gasteiger partial charge in [0.2, 0.25) is 0 Å². The summed E-state index contributed by atoms with van der Waals surface area (Å²) in [6.45, 7) is 7.27. The summed E-state index contributed by atoms with van der Waals surface area (Å²) >= 11 is 0. The van der Waals surface area contributed by atoms with Crippen LogP contribution in [0.15, 0.2) is 30.3 Å². The fraction of sp³-hybridized carbons (Fsp3) is 0.562. The Kier molecular flexibility index (Phi) is 4.54. The molecule has 98 valence electrons. The van der Waals surface area contributed by atoms with Crippen molar-refractivity contribution in [1.29, 1.82) is 0 Å². The van der Waals surface area contributed by atoms with Crippen molar-refractivity contribution in [2.75, 3.05) is 19.6 Å². The lowest BCUT2D eigenvalue weighted by Crippen LogP contribution is -2.43. The average molecular weight is 245 g/mol.